The largest absolute Gasteiger partial charge is 0.361 e. The number of hydrogen-bond acceptors (Lipinski definition) is 3. The third-order valence-electron chi connectivity index (χ3n) is 6.24. The van der Waals surface area contributed by atoms with Crippen LogP contribution >= 0.6 is 0 Å². The van der Waals surface area contributed by atoms with Gasteiger partial charge in [0.2, 0.25) is 10.0 Å². The molecule has 6 heteroatoms. The van der Waals surface area contributed by atoms with Crippen molar-refractivity contribution in [1.82, 2.24) is 14.2 Å². The summed E-state index contributed by atoms with van der Waals surface area (Å²) in [7, 11) is -3.57. The molecule has 0 bridgehead atoms. The fourth-order valence-corrected chi connectivity index (χ4v) is 6.28. The Morgan fingerprint density at radius 2 is 1.53 bits per heavy atom. The highest BCUT2D eigenvalue weighted by molar-refractivity contribution is 7.89. The average molecular weight is 446 g/mol. The van der Waals surface area contributed by atoms with Crippen LogP contribution in [0.3, 0.4) is 0 Å². The molecule has 0 aliphatic carbocycles. The van der Waals surface area contributed by atoms with E-state index in [1.807, 2.05) is 30.5 Å². The van der Waals surface area contributed by atoms with Crippen molar-refractivity contribution in [2.24, 2.45) is 0 Å². The van der Waals surface area contributed by atoms with E-state index in [9.17, 15) is 8.42 Å². The standard InChI is InChI=1S/C26H27N3O2S/c30-32(31,24-11-5-2-6-12-24)29-16-15-28(19-21-9-3-1-4-10-21)20-23(29)17-22-18-27-26-14-8-7-13-25(22)26/h1-14,18,23,27H,15-17,19-20H2. The second-order valence-electron chi connectivity index (χ2n) is 8.37. The van der Waals surface area contributed by atoms with Crippen LogP contribution < -0.4 is 0 Å². The molecule has 1 N–H and O–H groups in total. The van der Waals surface area contributed by atoms with E-state index in [-0.39, 0.29) is 6.04 Å². The van der Waals surface area contributed by atoms with E-state index in [0.29, 0.717) is 31.0 Å². The van der Waals surface area contributed by atoms with E-state index in [2.05, 4.69) is 46.3 Å². The summed E-state index contributed by atoms with van der Waals surface area (Å²) in [4.78, 5) is 6.06. The summed E-state index contributed by atoms with van der Waals surface area (Å²) in [6.07, 6.45) is 2.69. The third-order valence-corrected chi connectivity index (χ3v) is 8.21. The van der Waals surface area contributed by atoms with Gasteiger partial charge in [-0.1, -0.05) is 66.7 Å². The van der Waals surface area contributed by atoms with E-state index >= 15 is 0 Å². The number of piperazine rings is 1. The molecule has 5 nitrogen and oxygen atoms in total. The molecule has 32 heavy (non-hydrogen) atoms. The number of aromatic nitrogens is 1. The molecule has 1 aliphatic rings. The number of sulfonamides is 1. The van der Waals surface area contributed by atoms with Gasteiger partial charge in [0.25, 0.3) is 0 Å². The molecule has 1 saturated heterocycles. The number of hydrogen-bond donors (Lipinski definition) is 1. The molecule has 4 aromatic rings. The van der Waals surface area contributed by atoms with Gasteiger partial charge < -0.3 is 4.98 Å². The molecule has 0 saturated carbocycles. The van der Waals surface area contributed by atoms with Crippen LogP contribution in [0.5, 0.6) is 0 Å². The number of rotatable bonds is 6. The Hall–Kier alpha value is -2.93. The van der Waals surface area contributed by atoms with Gasteiger partial charge in [0, 0.05) is 49.3 Å². The second kappa shape index (κ2) is 8.90. The van der Waals surface area contributed by atoms with Gasteiger partial charge in [0.1, 0.15) is 0 Å². The monoisotopic (exact) mass is 445 g/mol. The van der Waals surface area contributed by atoms with Gasteiger partial charge in [0.05, 0.1) is 4.90 Å². The van der Waals surface area contributed by atoms with Crippen molar-refractivity contribution in [2.45, 2.75) is 23.9 Å². The molecular formula is C26H27N3O2S. The van der Waals surface area contributed by atoms with E-state index in [1.54, 1.807) is 28.6 Å². The molecule has 1 atom stereocenters. The van der Waals surface area contributed by atoms with Crippen LogP contribution in [-0.4, -0.2) is 48.3 Å². The van der Waals surface area contributed by atoms with Gasteiger partial charge in [-0.15, -0.1) is 0 Å². The van der Waals surface area contributed by atoms with Crippen molar-refractivity contribution >= 4 is 20.9 Å². The first-order chi connectivity index (χ1) is 15.6. The SMILES string of the molecule is O=S(=O)(c1ccccc1)N1CCN(Cc2ccccc2)CC1Cc1c[nH]c2ccccc12. The van der Waals surface area contributed by atoms with Crippen molar-refractivity contribution in [3.05, 3.63) is 102 Å². The molecule has 2 heterocycles. The lowest BCUT2D eigenvalue weighted by Gasteiger charge is -2.40. The van der Waals surface area contributed by atoms with Gasteiger partial charge in [0.15, 0.2) is 0 Å². The minimum Gasteiger partial charge on any atom is -0.361 e. The fraction of sp³-hybridized carbons (Fsp3) is 0.231. The lowest BCUT2D eigenvalue weighted by atomic mass is 10.0. The maximum Gasteiger partial charge on any atom is 0.243 e. The van der Waals surface area contributed by atoms with Gasteiger partial charge in [-0.3, -0.25) is 4.90 Å². The summed E-state index contributed by atoms with van der Waals surface area (Å²) in [6, 6.07) is 27.2. The Labute approximate surface area is 189 Å². The minimum absolute atomic E-state index is 0.142. The molecule has 0 amide bonds. The molecule has 1 aliphatic heterocycles. The quantitative estimate of drug-likeness (QED) is 0.482. The van der Waals surface area contributed by atoms with Gasteiger partial charge in [-0.2, -0.15) is 4.31 Å². The summed E-state index contributed by atoms with van der Waals surface area (Å²) in [5.74, 6) is 0. The molecule has 5 rings (SSSR count). The zero-order valence-corrected chi connectivity index (χ0v) is 18.7. The predicted octanol–water partition coefficient (Wildman–Crippen LogP) is 4.29. The van der Waals surface area contributed by atoms with E-state index in [1.165, 1.54) is 5.56 Å². The maximum atomic E-state index is 13.6. The Morgan fingerprint density at radius 3 is 2.31 bits per heavy atom. The van der Waals surface area contributed by atoms with Crippen LogP contribution in [-0.2, 0) is 23.0 Å². The van der Waals surface area contributed by atoms with E-state index in [0.717, 1.165) is 23.0 Å². The summed E-state index contributed by atoms with van der Waals surface area (Å²) >= 11 is 0. The van der Waals surface area contributed by atoms with Gasteiger partial charge >= 0.3 is 0 Å². The zero-order chi connectivity index (χ0) is 22.0. The third kappa shape index (κ3) is 4.21. The van der Waals surface area contributed by atoms with Crippen LogP contribution in [0.2, 0.25) is 0 Å². The van der Waals surface area contributed by atoms with E-state index in [4.69, 9.17) is 0 Å². The smallest absolute Gasteiger partial charge is 0.243 e. The van der Waals surface area contributed by atoms with Crippen molar-refractivity contribution in [1.29, 1.82) is 0 Å². The summed E-state index contributed by atoms with van der Waals surface area (Å²) in [5.41, 5.74) is 3.48. The van der Waals surface area contributed by atoms with Crippen LogP contribution in [0.1, 0.15) is 11.1 Å². The minimum atomic E-state index is -3.57. The Morgan fingerprint density at radius 1 is 0.844 bits per heavy atom. The number of nitrogens with zero attached hydrogens (tertiary/aromatic N) is 2. The Balaban J connectivity index is 1.45. The van der Waals surface area contributed by atoms with Crippen molar-refractivity contribution < 1.29 is 8.42 Å². The number of H-pyrrole nitrogens is 1. The molecule has 164 valence electrons. The lowest BCUT2D eigenvalue weighted by molar-refractivity contribution is 0.129. The Bertz CT molecular complexity index is 1290. The second-order valence-corrected chi connectivity index (χ2v) is 10.3. The molecule has 0 spiro atoms. The fourth-order valence-electron chi connectivity index (χ4n) is 4.65. The summed E-state index contributed by atoms with van der Waals surface area (Å²) < 4.78 is 28.8. The zero-order valence-electron chi connectivity index (χ0n) is 17.9. The van der Waals surface area contributed by atoms with Crippen molar-refractivity contribution in [2.75, 3.05) is 19.6 Å². The highest BCUT2D eigenvalue weighted by Crippen LogP contribution is 2.27. The van der Waals surface area contributed by atoms with Crippen LogP contribution in [0.4, 0.5) is 0 Å². The van der Waals surface area contributed by atoms with Crippen molar-refractivity contribution in [3.63, 3.8) is 0 Å². The first-order valence-electron chi connectivity index (χ1n) is 11.0. The van der Waals surface area contributed by atoms with Crippen LogP contribution in [0.25, 0.3) is 10.9 Å². The number of para-hydroxylation sites is 1. The topological polar surface area (TPSA) is 56.4 Å². The van der Waals surface area contributed by atoms with Crippen LogP contribution in [0, 0.1) is 0 Å². The number of fused-ring (bicyclic) bond motifs is 1. The normalized spacial score (nSPS) is 18.2. The number of aromatic amines is 1. The number of nitrogens with one attached hydrogen (secondary N) is 1. The molecule has 1 aromatic heterocycles. The lowest BCUT2D eigenvalue weighted by Crippen LogP contribution is -2.55. The van der Waals surface area contributed by atoms with Crippen LogP contribution in [0.15, 0.2) is 96.0 Å². The maximum absolute atomic E-state index is 13.6. The van der Waals surface area contributed by atoms with Crippen molar-refractivity contribution in [3.8, 4) is 0 Å². The predicted molar refractivity (Wildman–Crippen MR) is 128 cm³/mol. The van der Waals surface area contributed by atoms with E-state index < -0.39 is 10.0 Å². The van der Waals surface area contributed by atoms with Gasteiger partial charge in [-0.05, 0) is 35.7 Å². The summed E-state index contributed by atoms with van der Waals surface area (Å²) in [6.45, 7) is 2.72. The number of benzene rings is 3. The highest BCUT2D eigenvalue weighted by Gasteiger charge is 2.36. The Kier molecular flexibility index (Phi) is 5.83. The molecule has 1 unspecified atom stereocenters. The van der Waals surface area contributed by atoms with Gasteiger partial charge in [-0.25, -0.2) is 8.42 Å². The average Bonchev–Trinajstić information content (AvgIpc) is 3.23. The molecule has 0 radical (unpaired) electrons. The molecule has 1 fully saturated rings. The molecular weight excluding hydrogens is 418 g/mol. The first-order valence-corrected chi connectivity index (χ1v) is 12.4. The highest BCUT2D eigenvalue weighted by atomic mass is 32.2. The molecule has 3 aromatic carbocycles. The first kappa shape index (κ1) is 20.9. The summed E-state index contributed by atoms with van der Waals surface area (Å²) in [5, 5.41) is 1.16.